The maximum atomic E-state index is 5.93. The first-order chi connectivity index (χ1) is 7.86. The van der Waals surface area contributed by atoms with Gasteiger partial charge in [0.15, 0.2) is 5.96 Å². The fourth-order valence-electron chi connectivity index (χ4n) is 1.96. The topological polar surface area (TPSA) is 54.8 Å². The minimum Gasteiger partial charge on any atom is -0.469 e. The van der Waals surface area contributed by atoms with Gasteiger partial charge in [-0.25, -0.2) is 0 Å². The lowest BCUT2D eigenvalue weighted by Gasteiger charge is -2.27. The minimum absolute atomic E-state index is 0. The second-order valence-electron chi connectivity index (χ2n) is 4.12. The van der Waals surface area contributed by atoms with E-state index in [1.54, 1.807) is 6.26 Å². The van der Waals surface area contributed by atoms with E-state index < -0.39 is 0 Å². The van der Waals surface area contributed by atoms with E-state index in [-0.39, 0.29) is 24.0 Å². The Morgan fingerprint density at radius 1 is 1.35 bits per heavy atom. The number of halogens is 1. The molecular weight excluding hydrogens is 329 g/mol. The van der Waals surface area contributed by atoms with E-state index in [4.69, 9.17) is 10.2 Å². The van der Waals surface area contributed by atoms with E-state index >= 15 is 0 Å². The zero-order valence-electron chi connectivity index (χ0n) is 9.97. The van der Waals surface area contributed by atoms with Gasteiger partial charge in [0.2, 0.25) is 0 Å². The SMILES string of the molecule is I.NC(=NCCc1ccco1)N1CCCCC1. The number of nitrogens with zero attached hydrogens (tertiary/aromatic N) is 2. The van der Waals surface area contributed by atoms with Crippen molar-refractivity contribution in [1.29, 1.82) is 0 Å². The molecule has 0 aliphatic carbocycles. The van der Waals surface area contributed by atoms with Crippen molar-refractivity contribution in [2.45, 2.75) is 25.7 Å². The average Bonchev–Trinajstić information content (AvgIpc) is 2.83. The first-order valence-corrected chi connectivity index (χ1v) is 5.93. The molecule has 1 aromatic heterocycles. The number of likely N-dealkylation sites (tertiary alicyclic amines) is 1. The Hall–Kier alpha value is -0.720. The van der Waals surface area contributed by atoms with Crippen molar-refractivity contribution in [1.82, 2.24) is 4.90 Å². The molecule has 0 amide bonds. The van der Waals surface area contributed by atoms with E-state index in [1.807, 2.05) is 12.1 Å². The summed E-state index contributed by atoms with van der Waals surface area (Å²) in [5.74, 6) is 1.65. The molecule has 5 heteroatoms. The molecular formula is C12H20IN3O. The van der Waals surface area contributed by atoms with E-state index in [0.29, 0.717) is 12.5 Å². The molecule has 1 saturated heterocycles. The monoisotopic (exact) mass is 349 g/mol. The van der Waals surface area contributed by atoms with Crippen LogP contribution in [0.5, 0.6) is 0 Å². The third kappa shape index (κ3) is 4.57. The quantitative estimate of drug-likeness (QED) is 0.517. The lowest BCUT2D eigenvalue weighted by Crippen LogP contribution is -2.41. The number of rotatable bonds is 3. The fourth-order valence-corrected chi connectivity index (χ4v) is 1.96. The summed E-state index contributed by atoms with van der Waals surface area (Å²) in [6.07, 6.45) is 6.29. The van der Waals surface area contributed by atoms with Gasteiger partial charge in [-0.15, -0.1) is 24.0 Å². The molecule has 1 aromatic rings. The number of furan rings is 1. The van der Waals surface area contributed by atoms with Gasteiger partial charge in [0, 0.05) is 26.1 Å². The molecule has 1 aliphatic rings. The highest BCUT2D eigenvalue weighted by atomic mass is 127. The van der Waals surface area contributed by atoms with Crippen LogP contribution in [0.4, 0.5) is 0 Å². The summed E-state index contributed by atoms with van der Waals surface area (Å²) in [4.78, 5) is 6.56. The van der Waals surface area contributed by atoms with E-state index in [0.717, 1.165) is 25.3 Å². The molecule has 0 aromatic carbocycles. The summed E-state index contributed by atoms with van der Waals surface area (Å²) in [5.41, 5.74) is 5.93. The molecule has 2 N–H and O–H groups in total. The van der Waals surface area contributed by atoms with Gasteiger partial charge in [-0.2, -0.15) is 0 Å². The molecule has 0 atom stereocenters. The van der Waals surface area contributed by atoms with Crippen LogP contribution in [0.25, 0.3) is 0 Å². The number of hydrogen-bond acceptors (Lipinski definition) is 2. The molecule has 0 saturated carbocycles. The Kier molecular flexibility index (Phi) is 6.39. The summed E-state index contributed by atoms with van der Waals surface area (Å²) in [6.45, 7) is 2.81. The van der Waals surface area contributed by atoms with Gasteiger partial charge in [0.1, 0.15) is 5.76 Å². The molecule has 1 fully saturated rings. The smallest absolute Gasteiger partial charge is 0.191 e. The maximum Gasteiger partial charge on any atom is 0.191 e. The number of nitrogens with two attached hydrogens (primary N) is 1. The molecule has 17 heavy (non-hydrogen) atoms. The Morgan fingerprint density at radius 2 is 2.12 bits per heavy atom. The fraction of sp³-hybridized carbons (Fsp3) is 0.583. The standard InChI is InChI=1S/C12H19N3O.HI/c13-12(15-8-2-1-3-9-15)14-7-6-11-5-4-10-16-11;/h4-5,10H,1-3,6-9H2,(H2,13,14);1H. The van der Waals surface area contributed by atoms with Crippen LogP contribution in [0.1, 0.15) is 25.0 Å². The molecule has 0 radical (unpaired) electrons. The Bertz CT molecular complexity index is 332. The van der Waals surface area contributed by atoms with Crippen molar-refractivity contribution in [3.8, 4) is 0 Å². The molecule has 2 heterocycles. The van der Waals surface area contributed by atoms with Crippen molar-refractivity contribution in [3.05, 3.63) is 24.2 Å². The summed E-state index contributed by atoms with van der Waals surface area (Å²) >= 11 is 0. The lowest BCUT2D eigenvalue weighted by molar-refractivity contribution is 0.338. The van der Waals surface area contributed by atoms with Crippen LogP contribution in [0, 0.1) is 0 Å². The molecule has 0 unspecified atom stereocenters. The molecule has 0 spiro atoms. The highest BCUT2D eigenvalue weighted by Gasteiger charge is 2.11. The van der Waals surface area contributed by atoms with Crippen LogP contribution in [-0.2, 0) is 6.42 Å². The van der Waals surface area contributed by atoms with E-state index in [2.05, 4.69) is 9.89 Å². The van der Waals surface area contributed by atoms with Gasteiger partial charge in [0.05, 0.1) is 6.26 Å². The Balaban J connectivity index is 0.00000144. The third-order valence-corrected chi connectivity index (χ3v) is 2.89. The summed E-state index contributed by atoms with van der Waals surface area (Å²) in [5, 5.41) is 0. The maximum absolute atomic E-state index is 5.93. The molecule has 2 rings (SSSR count). The lowest BCUT2D eigenvalue weighted by atomic mass is 10.1. The number of guanidine groups is 1. The molecule has 0 bridgehead atoms. The molecule has 1 aliphatic heterocycles. The number of piperidine rings is 1. The van der Waals surface area contributed by atoms with Gasteiger partial charge < -0.3 is 15.1 Å². The zero-order chi connectivity index (χ0) is 11.2. The number of hydrogen-bond donors (Lipinski definition) is 1. The van der Waals surface area contributed by atoms with Crippen molar-refractivity contribution < 1.29 is 4.42 Å². The van der Waals surface area contributed by atoms with E-state index in [1.165, 1.54) is 19.3 Å². The first kappa shape index (κ1) is 14.3. The normalized spacial score (nSPS) is 16.7. The van der Waals surface area contributed by atoms with Gasteiger partial charge in [-0.3, -0.25) is 4.99 Å². The third-order valence-electron chi connectivity index (χ3n) is 2.89. The second-order valence-corrected chi connectivity index (χ2v) is 4.12. The predicted molar refractivity (Wildman–Crippen MR) is 79.7 cm³/mol. The summed E-state index contributed by atoms with van der Waals surface area (Å²) in [7, 11) is 0. The van der Waals surface area contributed by atoms with Crippen LogP contribution in [0.2, 0.25) is 0 Å². The minimum atomic E-state index is 0. The van der Waals surface area contributed by atoms with Gasteiger partial charge >= 0.3 is 0 Å². The summed E-state index contributed by atoms with van der Waals surface area (Å²) < 4.78 is 5.24. The predicted octanol–water partition coefficient (Wildman–Crippen LogP) is 2.24. The zero-order valence-corrected chi connectivity index (χ0v) is 12.3. The van der Waals surface area contributed by atoms with Crippen molar-refractivity contribution in [2.24, 2.45) is 10.7 Å². The largest absolute Gasteiger partial charge is 0.469 e. The van der Waals surface area contributed by atoms with Crippen molar-refractivity contribution in [2.75, 3.05) is 19.6 Å². The van der Waals surface area contributed by atoms with Crippen LogP contribution in [-0.4, -0.2) is 30.5 Å². The average molecular weight is 349 g/mol. The Morgan fingerprint density at radius 3 is 2.76 bits per heavy atom. The van der Waals surface area contributed by atoms with Gasteiger partial charge in [-0.1, -0.05) is 0 Å². The van der Waals surface area contributed by atoms with Crippen LogP contribution in [0.3, 0.4) is 0 Å². The van der Waals surface area contributed by atoms with Gasteiger partial charge in [0.25, 0.3) is 0 Å². The van der Waals surface area contributed by atoms with Crippen LogP contribution < -0.4 is 5.73 Å². The highest BCUT2D eigenvalue weighted by molar-refractivity contribution is 14.0. The van der Waals surface area contributed by atoms with Crippen molar-refractivity contribution in [3.63, 3.8) is 0 Å². The molecule has 4 nitrogen and oxygen atoms in total. The summed E-state index contributed by atoms with van der Waals surface area (Å²) in [6, 6.07) is 3.86. The van der Waals surface area contributed by atoms with Crippen LogP contribution in [0.15, 0.2) is 27.8 Å². The molecule has 96 valence electrons. The number of aliphatic imine (C=N–C) groups is 1. The van der Waals surface area contributed by atoms with Crippen LogP contribution >= 0.6 is 24.0 Å². The highest BCUT2D eigenvalue weighted by Crippen LogP contribution is 2.08. The second kappa shape index (κ2) is 7.58. The van der Waals surface area contributed by atoms with Gasteiger partial charge in [-0.05, 0) is 31.4 Å². The van der Waals surface area contributed by atoms with Crippen molar-refractivity contribution >= 4 is 29.9 Å². The Labute approximate surface area is 119 Å². The first-order valence-electron chi connectivity index (χ1n) is 5.93. The van der Waals surface area contributed by atoms with E-state index in [9.17, 15) is 0 Å².